The minimum atomic E-state index is -3.12. The average molecular weight is 297 g/mol. The molecule has 1 aromatic rings. The minimum Gasteiger partial charge on any atom is -0.373 e. The molecule has 2 unspecified atom stereocenters. The van der Waals surface area contributed by atoms with Gasteiger partial charge in [-0.1, -0.05) is 30.3 Å². The molecule has 0 N–H and O–H groups in total. The zero-order valence-corrected chi connectivity index (χ0v) is 13.0. The average Bonchev–Trinajstić information content (AvgIpc) is 2.45. The number of benzene rings is 1. The zero-order valence-electron chi connectivity index (χ0n) is 12.2. The Hall–Kier alpha value is -0.910. The van der Waals surface area contributed by atoms with Gasteiger partial charge in [-0.3, -0.25) is 0 Å². The summed E-state index contributed by atoms with van der Waals surface area (Å²) in [5.74, 6) is 0.158. The number of ether oxygens (including phenoxy) is 1. The van der Waals surface area contributed by atoms with E-state index in [-0.39, 0.29) is 18.0 Å². The number of hydrogen-bond donors (Lipinski definition) is 0. The van der Waals surface area contributed by atoms with E-state index in [2.05, 4.69) is 12.1 Å². The van der Waals surface area contributed by atoms with Crippen LogP contribution in [0.15, 0.2) is 30.3 Å². The first-order chi connectivity index (χ1) is 9.51. The van der Waals surface area contributed by atoms with Gasteiger partial charge in [-0.05, 0) is 32.3 Å². The molecule has 0 aromatic heterocycles. The number of aryl methyl sites for hydroxylation is 1. The Kier molecular flexibility index (Phi) is 5.18. The highest BCUT2D eigenvalue weighted by molar-refractivity contribution is 7.89. The molecule has 1 aliphatic heterocycles. The number of rotatable bonds is 5. The summed E-state index contributed by atoms with van der Waals surface area (Å²) in [7, 11) is -3.12. The van der Waals surface area contributed by atoms with E-state index in [4.69, 9.17) is 4.74 Å². The molecule has 0 amide bonds. The third-order valence-electron chi connectivity index (χ3n) is 3.65. The lowest BCUT2D eigenvalue weighted by Crippen LogP contribution is -2.49. The Morgan fingerprint density at radius 3 is 2.60 bits per heavy atom. The van der Waals surface area contributed by atoms with Crippen LogP contribution in [0.2, 0.25) is 0 Å². The van der Waals surface area contributed by atoms with Crippen LogP contribution in [-0.2, 0) is 21.2 Å². The lowest BCUT2D eigenvalue weighted by atomic mass is 10.1. The number of hydrogen-bond acceptors (Lipinski definition) is 3. The van der Waals surface area contributed by atoms with Crippen molar-refractivity contribution >= 4 is 10.0 Å². The molecular formula is C15H23NO3S. The van der Waals surface area contributed by atoms with Crippen molar-refractivity contribution in [2.45, 2.75) is 38.9 Å². The third kappa shape index (κ3) is 4.04. The molecule has 112 valence electrons. The van der Waals surface area contributed by atoms with Crippen LogP contribution in [0.4, 0.5) is 0 Å². The van der Waals surface area contributed by atoms with Gasteiger partial charge in [0.1, 0.15) is 0 Å². The Labute approximate surface area is 121 Å². The minimum absolute atomic E-state index is 0.0136. The molecule has 0 radical (unpaired) electrons. The van der Waals surface area contributed by atoms with Gasteiger partial charge < -0.3 is 4.74 Å². The van der Waals surface area contributed by atoms with Crippen LogP contribution in [0, 0.1) is 0 Å². The smallest absolute Gasteiger partial charge is 0.214 e. The Balaban J connectivity index is 1.95. The molecule has 2 rings (SSSR count). The van der Waals surface area contributed by atoms with E-state index in [1.54, 1.807) is 11.2 Å². The second-order valence-electron chi connectivity index (χ2n) is 5.31. The van der Waals surface area contributed by atoms with E-state index in [0.29, 0.717) is 13.1 Å². The summed E-state index contributed by atoms with van der Waals surface area (Å²) in [6.45, 7) is 4.58. The lowest BCUT2D eigenvalue weighted by Gasteiger charge is -2.36. The van der Waals surface area contributed by atoms with Crippen molar-refractivity contribution in [3.63, 3.8) is 0 Å². The predicted molar refractivity (Wildman–Crippen MR) is 80.1 cm³/mol. The molecule has 2 atom stereocenters. The summed E-state index contributed by atoms with van der Waals surface area (Å²) in [6, 6.07) is 10.2. The van der Waals surface area contributed by atoms with Crippen molar-refractivity contribution in [2.24, 2.45) is 0 Å². The van der Waals surface area contributed by atoms with Crippen molar-refractivity contribution in [2.75, 3.05) is 18.8 Å². The number of nitrogens with zero attached hydrogens (tertiary/aromatic N) is 1. The zero-order chi connectivity index (χ0) is 14.6. The van der Waals surface area contributed by atoms with Crippen molar-refractivity contribution in [1.29, 1.82) is 0 Å². The van der Waals surface area contributed by atoms with Gasteiger partial charge in [-0.25, -0.2) is 8.42 Å². The van der Waals surface area contributed by atoms with Crippen molar-refractivity contribution in [1.82, 2.24) is 4.31 Å². The molecule has 1 heterocycles. The fourth-order valence-electron chi connectivity index (χ4n) is 2.54. The Morgan fingerprint density at radius 1 is 1.25 bits per heavy atom. The molecule has 1 aliphatic rings. The molecule has 1 saturated heterocycles. The van der Waals surface area contributed by atoms with Gasteiger partial charge in [0.25, 0.3) is 0 Å². The van der Waals surface area contributed by atoms with Gasteiger partial charge in [0.05, 0.1) is 18.0 Å². The summed E-state index contributed by atoms with van der Waals surface area (Å²) in [5, 5.41) is 0. The normalized spacial score (nSPS) is 24.7. The topological polar surface area (TPSA) is 46.6 Å². The molecule has 5 heteroatoms. The maximum absolute atomic E-state index is 12.0. The van der Waals surface area contributed by atoms with E-state index >= 15 is 0 Å². The van der Waals surface area contributed by atoms with E-state index < -0.39 is 10.0 Å². The van der Waals surface area contributed by atoms with Gasteiger partial charge in [-0.15, -0.1) is 0 Å². The lowest BCUT2D eigenvalue weighted by molar-refractivity contribution is -0.0567. The first kappa shape index (κ1) is 15.5. The summed E-state index contributed by atoms with van der Waals surface area (Å²) in [4.78, 5) is 0. The van der Waals surface area contributed by atoms with Crippen LogP contribution in [0.25, 0.3) is 0 Å². The fraction of sp³-hybridized carbons (Fsp3) is 0.600. The quantitative estimate of drug-likeness (QED) is 0.836. The van der Waals surface area contributed by atoms with Crippen LogP contribution in [0.1, 0.15) is 25.8 Å². The molecule has 0 saturated carbocycles. The molecule has 20 heavy (non-hydrogen) atoms. The Bertz CT molecular complexity index is 515. The van der Waals surface area contributed by atoms with Crippen molar-refractivity contribution in [3.8, 4) is 0 Å². The maximum Gasteiger partial charge on any atom is 0.214 e. The second-order valence-corrected chi connectivity index (χ2v) is 7.57. The van der Waals surface area contributed by atoms with Gasteiger partial charge in [-0.2, -0.15) is 4.31 Å². The molecule has 0 spiro atoms. The second kappa shape index (κ2) is 6.70. The fourth-order valence-corrected chi connectivity index (χ4v) is 3.74. The van der Waals surface area contributed by atoms with Gasteiger partial charge in [0.2, 0.25) is 10.0 Å². The van der Waals surface area contributed by atoms with Crippen molar-refractivity contribution in [3.05, 3.63) is 35.9 Å². The first-order valence-corrected chi connectivity index (χ1v) is 8.79. The van der Waals surface area contributed by atoms with Crippen molar-refractivity contribution < 1.29 is 13.2 Å². The maximum atomic E-state index is 12.0. The standard InChI is InChI=1S/C15H23NO3S/c1-3-20(17,18)16-11-13(2)19-15(12-16)10-9-14-7-5-4-6-8-14/h4-8,13,15H,3,9-12H2,1-2H3. The van der Waals surface area contributed by atoms with Gasteiger partial charge in [0.15, 0.2) is 0 Å². The van der Waals surface area contributed by atoms with E-state index in [9.17, 15) is 8.42 Å². The van der Waals surface area contributed by atoms with Crippen LogP contribution in [0.5, 0.6) is 0 Å². The SMILES string of the molecule is CCS(=O)(=O)N1CC(C)OC(CCc2ccccc2)C1. The van der Waals surface area contributed by atoms with E-state index in [0.717, 1.165) is 12.8 Å². The van der Waals surface area contributed by atoms with Gasteiger partial charge in [0, 0.05) is 13.1 Å². The van der Waals surface area contributed by atoms with Crippen LogP contribution >= 0.6 is 0 Å². The first-order valence-electron chi connectivity index (χ1n) is 7.18. The summed E-state index contributed by atoms with van der Waals surface area (Å²) >= 11 is 0. The number of sulfonamides is 1. The summed E-state index contributed by atoms with van der Waals surface area (Å²) in [6.07, 6.45) is 1.72. The molecule has 0 aliphatic carbocycles. The molecule has 1 aromatic carbocycles. The predicted octanol–water partition coefficient (Wildman–Crippen LogP) is 2.06. The molecular weight excluding hydrogens is 274 g/mol. The molecule has 1 fully saturated rings. The van der Waals surface area contributed by atoms with Crippen LogP contribution < -0.4 is 0 Å². The monoisotopic (exact) mass is 297 g/mol. The highest BCUT2D eigenvalue weighted by Crippen LogP contribution is 2.18. The molecule has 4 nitrogen and oxygen atoms in total. The van der Waals surface area contributed by atoms with E-state index in [1.165, 1.54) is 5.56 Å². The van der Waals surface area contributed by atoms with Gasteiger partial charge >= 0.3 is 0 Å². The number of morpholine rings is 1. The van der Waals surface area contributed by atoms with E-state index in [1.807, 2.05) is 25.1 Å². The largest absolute Gasteiger partial charge is 0.373 e. The Morgan fingerprint density at radius 2 is 1.95 bits per heavy atom. The highest BCUT2D eigenvalue weighted by atomic mass is 32.2. The highest BCUT2D eigenvalue weighted by Gasteiger charge is 2.31. The summed E-state index contributed by atoms with van der Waals surface area (Å²) in [5.41, 5.74) is 1.26. The summed E-state index contributed by atoms with van der Waals surface area (Å²) < 4.78 is 31.4. The molecule has 0 bridgehead atoms. The van der Waals surface area contributed by atoms with Crippen LogP contribution in [0.3, 0.4) is 0 Å². The third-order valence-corrected chi connectivity index (χ3v) is 5.46. The van der Waals surface area contributed by atoms with Crippen LogP contribution in [-0.4, -0.2) is 43.8 Å².